The van der Waals surface area contributed by atoms with E-state index < -0.39 is 11.7 Å². The summed E-state index contributed by atoms with van der Waals surface area (Å²) in [4.78, 5) is 12.1. The van der Waals surface area contributed by atoms with E-state index in [-0.39, 0.29) is 23.9 Å². The van der Waals surface area contributed by atoms with E-state index in [0.29, 0.717) is 5.56 Å². The van der Waals surface area contributed by atoms with Gasteiger partial charge in [-0.2, -0.15) is 13.2 Å². The van der Waals surface area contributed by atoms with Crippen LogP contribution in [0.15, 0.2) is 42.6 Å². The second kappa shape index (κ2) is 6.38. The molecule has 1 amide bonds. The summed E-state index contributed by atoms with van der Waals surface area (Å²) in [5.41, 5.74) is -0.0619. The number of aromatic nitrogens is 3. The number of benzene rings is 1. The zero-order valence-electron chi connectivity index (χ0n) is 12.0. The summed E-state index contributed by atoms with van der Waals surface area (Å²) in [5.74, 6) is -0.118. The predicted octanol–water partition coefficient (Wildman–Crippen LogP) is 3.28. The van der Waals surface area contributed by atoms with Gasteiger partial charge in [0.25, 0.3) is 5.91 Å². The number of hydrogen-bond donors (Lipinski definition) is 1. The van der Waals surface area contributed by atoms with Gasteiger partial charge in [-0.25, -0.2) is 0 Å². The van der Waals surface area contributed by atoms with Crippen molar-refractivity contribution in [3.63, 3.8) is 0 Å². The molecule has 0 radical (unpaired) electrons. The zero-order chi connectivity index (χ0) is 17.3. The van der Waals surface area contributed by atoms with Gasteiger partial charge in [0.1, 0.15) is 0 Å². The van der Waals surface area contributed by atoms with Crippen molar-refractivity contribution in [1.82, 2.24) is 19.9 Å². The van der Waals surface area contributed by atoms with Crippen molar-refractivity contribution in [2.45, 2.75) is 12.7 Å². The lowest BCUT2D eigenvalue weighted by Crippen LogP contribution is -2.24. The Labute approximate surface area is 148 Å². The smallest absolute Gasteiger partial charge is 0.345 e. The average molecular weight is 446 g/mol. The van der Waals surface area contributed by atoms with Crippen molar-refractivity contribution in [1.29, 1.82) is 0 Å². The Hall–Kier alpha value is -2.17. The third kappa shape index (κ3) is 3.50. The number of halogens is 4. The van der Waals surface area contributed by atoms with Crippen molar-refractivity contribution >= 4 is 34.1 Å². The average Bonchev–Trinajstić information content (AvgIpc) is 2.94. The van der Waals surface area contributed by atoms with Gasteiger partial charge in [-0.05, 0) is 52.9 Å². The monoisotopic (exact) mass is 446 g/mol. The van der Waals surface area contributed by atoms with Crippen LogP contribution in [0.4, 0.5) is 13.2 Å². The first kappa shape index (κ1) is 16.7. The van der Waals surface area contributed by atoms with E-state index in [1.807, 2.05) is 6.07 Å². The van der Waals surface area contributed by atoms with Crippen LogP contribution in [-0.2, 0) is 12.7 Å². The number of nitrogens with zero attached hydrogens (tertiary/aromatic N) is 3. The highest BCUT2D eigenvalue weighted by atomic mass is 127. The first-order chi connectivity index (χ1) is 11.3. The van der Waals surface area contributed by atoms with E-state index in [1.165, 1.54) is 10.5 Å². The van der Waals surface area contributed by atoms with Crippen molar-refractivity contribution in [2.75, 3.05) is 0 Å². The molecule has 1 N–H and O–H groups in total. The van der Waals surface area contributed by atoms with Gasteiger partial charge in [-0.1, -0.05) is 6.07 Å². The second-order valence-electron chi connectivity index (χ2n) is 4.95. The van der Waals surface area contributed by atoms with Crippen molar-refractivity contribution in [3.8, 4) is 0 Å². The van der Waals surface area contributed by atoms with E-state index in [9.17, 15) is 18.0 Å². The molecule has 0 aliphatic carbocycles. The molecule has 0 saturated carbocycles. The summed E-state index contributed by atoms with van der Waals surface area (Å²) < 4.78 is 40.5. The number of amides is 1. The quantitative estimate of drug-likeness (QED) is 0.629. The molecular formula is C15H10F3IN4O. The normalized spacial score (nSPS) is 11.7. The molecule has 124 valence electrons. The van der Waals surface area contributed by atoms with E-state index in [0.717, 1.165) is 15.8 Å². The molecule has 3 rings (SSSR count). The molecule has 0 aliphatic heterocycles. The molecule has 0 saturated heterocycles. The van der Waals surface area contributed by atoms with Crippen molar-refractivity contribution in [3.05, 3.63) is 63.1 Å². The van der Waals surface area contributed by atoms with Crippen LogP contribution in [0, 0.1) is 3.57 Å². The summed E-state index contributed by atoms with van der Waals surface area (Å²) in [6.45, 7) is -0.0349. The molecule has 5 nitrogen and oxygen atoms in total. The first-order valence-electron chi connectivity index (χ1n) is 6.79. The van der Waals surface area contributed by atoms with E-state index >= 15 is 0 Å². The van der Waals surface area contributed by atoms with E-state index in [4.69, 9.17) is 0 Å². The summed E-state index contributed by atoms with van der Waals surface area (Å²) >= 11 is 2.09. The fourth-order valence-electron chi connectivity index (χ4n) is 2.12. The third-order valence-electron chi connectivity index (χ3n) is 3.29. The maximum Gasteiger partial charge on any atom is 0.417 e. The highest BCUT2D eigenvalue weighted by Gasteiger charge is 2.31. The lowest BCUT2D eigenvalue weighted by atomic mass is 10.2. The molecule has 3 aromatic rings. The van der Waals surface area contributed by atoms with Gasteiger partial charge in [0.15, 0.2) is 11.5 Å². The minimum Gasteiger partial charge on any atom is -0.345 e. The Morgan fingerprint density at radius 2 is 2.00 bits per heavy atom. The van der Waals surface area contributed by atoms with Crippen LogP contribution in [0.25, 0.3) is 5.65 Å². The predicted molar refractivity (Wildman–Crippen MR) is 88.3 cm³/mol. The molecule has 9 heteroatoms. The largest absolute Gasteiger partial charge is 0.417 e. The van der Waals surface area contributed by atoms with Gasteiger partial charge in [0, 0.05) is 15.3 Å². The minimum absolute atomic E-state index is 0.0349. The van der Waals surface area contributed by atoms with E-state index in [2.05, 4.69) is 38.1 Å². The van der Waals surface area contributed by atoms with Crippen LogP contribution < -0.4 is 5.32 Å². The summed E-state index contributed by atoms with van der Waals surface area (Å²) in [5, 5.41) is 10.3. The molecule has 0 atom stereocenters. The van der Waals surface area contributed by atoms with Crippen molar-refractivity contribution < 1.29 is 18.0 Å². The van der Waals surface area contributed by atoms with Gasteiger partial charge >= 0.3 is 6.18 Å². The van der Waals surface area contributed by atoms with Gasteiger partial charge in [0.2, 0.25) is 0 Å². The lowest BCUT2D eigenvalue weighted by molar-refractivity contribution is -0.137. The Balaban J connectivity index is 1.81. The SMILES string of the molecule is O=C(NCc1nnc2ccc(C(F)(F)F)cn12)c1cccc(I)c1. The van der Waals surface area contributed by atoms with Gasteiger partial charge in [-0.15, -0.1) is 10.2 Å². The molecule has 0 bridgehead atoms. The Morgan fingerprint density at radius 1 is 1.21 bits per heavy atom. The van der Waals surface area contributed by atoms with Crippen LogP contribution in [0.5, 0.6) is 0 Å². The number of carbonyl (C=O) groups excluding carboxylic acids is 1. The summed E-state index contributed by atoms with van der Waals surface area (Å²) in [6.07, 6.45) is -3.54. The number of nitrogens with one attached hydrogen (secondary N) is 1. The fraction of sp³-hybridized carbons (Fsp3) is 0.133. The second-order valence-corrected chi connectivity index (χ2v) is 6.20. The van der Waals surface area contributed by atoms with Gasteiger partial charge in [-0.3, -0.25) is 9.20 Å². The molecule has 1 aromatic carbocycles. The van der Waals surface area contributed by atoms with Gasteiger partial charge < -0.3 is 5.32 Å². The molecule has 0 fully saturated rings. The Kier molecular flexibility index (Phi) is 4.43. The van der Waals surface area contributed by atoms with Crippen molar-refractivity contribution in [2.24, 2.45) is 0 Å². The molecule has 0 spiro atoms. The maximum absolute atomic E-state index is 12.8. The molecule has 2 aromatic heterocycles. The topological polar surface area (TPSA) is 59.3 Å². The highest BCUT2D eigenvalue weighted by Crippen LogP contribution is 2.29. The summed E-state index contributed by atoms with van der Waals surface area (Å²) in [6, 6.07) is 9.14. The first-order valence-corrected chi connectivity index (χ1v) is 7.87. The van der Waals surface area contributed by atoms with Crippen LogP contribution in [-0.4, -0.2) is 20.5 Å². The van der Waals surface area contributed by atoms with Crippen LogP contribution in [0.3, 0.4) is 0 Å². The molecule has 0 aliphatic rings. The zero-order valence-corrected chi connectivity index (χ0v) is 14.2. The number of fused-ring (bicyclic) bond motifs is 1. The number of hydrogen-bond acceptors (Lipinski definition) is 3. The van der Waals surface area contributed by atoms with E-state index in [1.54, 1.807) is 18.2 Å². The third-order valence-corrected chi connectivity index (χ3v) is 3.97. The van der Waals surface area contributed by atoms with Crippen LogP contribution >= 0.6 is 22.6 Å². The van der Waals surface area contributed by atoms with Crippen LogP contribution in [0.1, 0.15) is 21.7 Å². The Morgan fingerprint density at radius 3 is 2.71 bits per heavy atom. The number of rotatable bonds is 3. The van der Waals surface area contributed by atoms with Crippen LogP contribution in [0.2, 0.25) is 0 Å². The fourth-order valence-corrected chi connectivity index (χ4v) is 2.66. The number of pyridine rings is 1. The highest BCUT2D eigenvalue weighted by molar-refractivity contribution is 14.1. The summed E-state index contributed by atoms with van der Waals surface area (Å²) in [7, 11) is 0. The maximum atomic E-state index is 12.8. The molecule has 0 unspecified atom stereocenters. The van der Waals surface area contributed by atoms with Gasteiger partial charge in [0.05, 0.1) is 12.1 Å². The Bertz CT molecular complexity index is 907. The molecule has 24 heavy (non-hydrogen) atoms. The standard InChI is InChI=1S/C15H10F3IN4O/c16-15(17,18)10-4-5-12-21-22-13(23(12)8-10)7-20-14(24)9-2-1-3-11(19)6-9/h1-6,8H,7H2,(H,20,24). The number of carbonyl (C=O) groups is 1. The lowest BCUT2D eigenvalue weighted by Gasteiger charge is -2.08. The number of alkyl halides is 3. The molecular weight excluding hydrogens is 436 g/mol. The molecule has 2 heterocycles. The minimum atomic E-state index is -4.46.